The molecule has 0 atom stereocenters. The summed E-state index contributed by atoms with van der Waals surface area (Å²) < 4.78 is 9.40. The smallest absolute Gasteiger partial charge is 0.320 e. The molecule has 0 saturated heterocycles. The fourth-order valence-electron chi connectivity index (χ4n) is 1.13. The highest BCUT2D eigenvalue weighted by Gasteiger charge is 2.05. The highest BCUT2D eigenvalue weighted by atomic mass is 16.5. The number of carbonyl (C=O) groups is 2. The second-order valence-electron chi connectivity index (χ2n) is 3.33. The summed E-state index contributed by atoms with van der Waals surface area (Å²) in [6.07, 6.45) is 0. The Labute approximate surface area is 99.7 Å². The van der Waals surface area contributed by atoms with Crippen molar-refractivity contribution in [3.8, 4) is 0 Å². The quantitative estimate of drug-likeness (QED) is 0.729. The van der Waals surface area contributed by atoms with E-state index in [1.165, 1.54) is 7.11 Å². The van der Waals surface area contributed by atoms with Crippen LogP contribution in [0, 0.1) is 0 Å². The highest BCUT2D eigenvalue weighted by molar-refractivity contribution is 5.74. The van der Waals surface area contributed by atoms with Crippen molar-refractivity contribution in [1.82, 2.24) is 5.32 Å². The number of hydrogen-bond acceptors (Lipinski definition) is 5. The van der Waals surface area contributed by atoms with Gasteiger partial charge in [-0.25, -0.2) is 0 Å². The molecule has 1 aromatic rings. The van der Waals surface area contributed by atoms with Gasteiger partial charge in [-0.15, -0.1) is 0 Å². The lowest BCUT2D eigenvalue weighted by molar-refractivity contribution is -0.144. The number of nitrogens with one attached hydrogen (secondary N) is 1. The van der Waals surface area contributed by atoms with Crippen molar-refractivity contribution in [2.24, 2.45) is 0 Å². The molecular weight excluding hydrogens is 222 g/mol. The minimum absolute atomic E-state index is 0.00304. The molecule has 0 amide bonds. The molecule has 0 spiro atoms. The summed E-state index contributed by atoms with van der Waals surface area (Å²) in [5.41, 5.74) is 0.925. The summed E-state index contributed by atoms with van der Waals surface area (Å²) in [7, 11) is 1.29. The summed E-state index contributed by atoms with van der Waals surface area (Å²) in [5.74, 6) is -0.821. The van der Waals surface area contributed by atoms with Crippen molar-refractivity contribution < 1.29 is 19.1 Å². The maximum atomic E-state index is 11.2. The van der Waals surface area contributed by atoms with Crippen molar-refractivity contribution in [2.75, 3.05) is 20.2 Å². The molecule has 0 aliphatic rings. The number of carbonyl (C=O) groups excluding carboxylic acids is 2. The van der Waals surface area contributed by atoms with Gasteiger partial charge in [-0.3, -0.25) is 14.9 Å². The Kier molecular flexibility index (Phi) is 5.74. The van der Waals surface area contributed by atoms with Gasteiger partial charge in [-0.1, -0.05) is 30.3 Å². The van der Waals surface area contributed by atoms with Gasteiger partial charge in [0.05, 0.1) is 20.2 Å². The maximum Gasteiger partial charge on any atom is 0.320 e. The van der Waals surface area contributed by atoms with Crippen LogP contribution in [-0.2, 0) is 25.7 Å². The lowest BCUT2D eigenvalue weighted by Gasteiger charge is -2.05. The first kappa shape index (κ1) is 13.2. The van der Waals surface area contributed by atoms with Gasteiger partial charge in [0.15, 0.2) is 0 Å². The van der Waals surface area contributed by atoms with Crippen molar-refractivity contribution in [3.05, 3.63) is 35.9 Å². The van der Waals surface area contributed by atoms with Gasteiger partial charge in [0.1, 0.15) is 6.61 Å². The van der Waals surface area contributed by atoms with Crippen LogP contribution in [0.25, 0.3) is 0 Å². The molecule has 0 fully saturated rings. The van der Waals surface area contributed by atoms with Crippen molar-refractivity contribution >= 4 is 11.9 Å². The maximum absolute atomic E-state index is 11.2. The zero-order valence-corrected chi connectivity index (χ0v) is 9.64. The summed E-state index contributed by atoms with van der Waals surface area (Å²) >= 11 is 0. The lowest BCUT2D eigenvalue weighted by Crippen LogP contribution is -2.30. The Hall–Kier alpha value is -1.88. The standard InChI is InChI=1S/C12H15NO4/c1-16-11(14)7-13-8-12(15)17-9-10-5-3-2-4-6-10/h2-6,13H,7-9H2,1H3. The van der Waals surface area contributed by atoms with Crippen LogP contribution in [0.1, 0.15) is 5.56 Å². The zero-order valence-electron chi connectivity index (χ0n) is 9.64. The van der Waals surface area contributed by atoms with Gasteiger partial charge in [-0.05, 0) is 5.56 Å². The fraction of sp³-hybridized carbons (Fsp3) is 0.333. The Balaban J connectivity index is 2.16. The number of hydrogen-bond donors (Lipinski definition) is 1. The summed E-state index contributed by atoms with van der Waals surface area (Å²) in [4.78, 5) is 22.0. The van der Waals surface area contributed by atoms with Crippen LogP contribution in [0.4, 0.5) is 0 Å². The van der Waals surface area contributed by atoms with Crippen molar-refractivity contribution in [3.63, 3.8) is 0 Å². The molecule has 1 N–H and O–H groups in total. The van der Waals surface area contributed by atoms with E-state index in [-0.39, 0.29) is 19.7 Å². The van der Waals surface area contributed by atoms with E-state index in [4.69, 9.17) is 4.74 Å². The molecule has 0 unspecified atom stereocenters. The molecule has 92 valence electrons. The molecule has 0 radical (unpaired) electrons. The summed E-state index contributed by atoms with van der Waals surface area (Å²) in [6, 6.07) is 9.38. The van der Waals surface area contributed by atoms with E-state index in [1.807, 2.05) is 30.3 Å². The average Bonchev–Trinajstić information content (AvgIpc) is 2.37. The normalized spacial score (nSPS) is 9.71. The molecule has 1 aromatic carbocycles. The molecular formula is C12H15NO4. The molecule has 5 heteroatoms. The zero-order chi connectivity index (χ0) is 12.5. The summed E-state index contributed by atoms with van der Waals surface area (Å²) in [6.45, 7) is 0.221. The van der Waals surface area contributed by atoms with Gasteiger partial charge >= 0.3 is 11.9 Å². The third kappa shape index (κ3) is 5.67. The van der Waals surface area contributed by atoms with Crippen LogP contribution in [0.5, 0.6) is 0 Å². The van der Waals surface area contributed by atoms with Gasteiger partial charge in [0, 0.05) is 0 Å². The van der Waals surface area contributed by atoms with Gasteiger partial charge < -0.3 is 9.47 Å². The number of methoxy groups -OCH3 is 1. The van der Waals surface area contributed by atoms with Crippen LogP contribution < -0.4 is 5.32 Å². The van der Waals surface area contributed by atoms with Crippen LogP contribution >= 0.6 is 0 Å². The number of esters is 2. The Morgan fingerprint density at radius 1 is 1.12 bits per heavy atom. The number of benzene rings is 1. The van der Waals surface area contributed by atoms with Gasteiger partial charge in [0.25, 0.3) is 0 Å². The van der Waals surface area contributed by atoms with Gasteiger partial charge in [0.2, 0.25) is 0 Å². The Bertz CT molecular complexity index is 364. The third-order valence-electron chi connectivity index (χ3n) is 2.01. The van der Waals surface area contributed by atoms with Crippen LogP contribution in [0.15, 0.2) is 30.3 Å². The predicted octanol–water partition coefficient (Wildman–Crippen LogP) is 0.492. The number of ether oxygens (including phenoxy) is 2. The second kappa shape index (κ2) is 7.40. The van der Waals surface area contributed by atoms with Crippen LogP contribution in [-0.4, -0.2) is 32.1 Å². The van der Waals surface area contributed by atoms with E-state index in [9.17, 15) is 9.59 Å². The molecule has 0 aromatic heterocycles. The molecule has 0 bridgehead atoms. The first-order valence-corrected chi connectivity index (χ1v) is 5.19. The van der Waals surface area contributed by atoms with Crippen LogP contribution in [0.2, 0.25) is 0 Å². The Morgan fingerprint density at radius 2 is 1.76 bits per heavy atom. The van der Waals surface area contributed by atoms with Crippen molar-refractivity contribution in [2.45, 2.75) is 6.61 Å². The lowest BCUT2D eigenvalue weighted by atomic mass is 10.2. The Morgan fingerprint density at radius 3 is 2.41 bits per heavy atom. The topological polar surface area (TPSA) is 64.6 Å². The van der Waals surface area contributed by atoms with E-state index < -0.39 is 11.9 Å². The second-order valence-corrected chi connectivity index (χ2v) is 3.33. The van der Waals surface area contributed by atoms with Gasteiger partial charge in [-0.2, -0.15) is 0 Å². The minimum Gasteiger partial charge on any atom is -0.468 e. The number of rotatable bonds is 6. The first-order chi connectivity index (χ1) is 8.22. The first-order valence-electron chi connectivity index (χ1n) is 5.19. The van der Waals surface area contributed by atoms with E-state index in [2.05, 4.69) is 10.1 Å². The predicted molar refractivity (Wildman–Crippen MR) is 61.1 cm³/mol. The summed E-state index contributed by atoms with van der Waals surface area (Å²) in [5, 5.41) is 2.62. The van der Waals surface area contributed by atoms with E-state index in [0.29, 0.717) is 0 Å². The SMILES string of the molecule is COC(=O)CNCC(=O)OCc1ccccc1. The molecule has 0 saturated carbocycles. The molecule has 0 aliphatic carbocycles. The molecule has 1 rings (SSSR count). The highest BCUT2D eigenvalue weighted by Crippen LogP contribution is 2.00. The largest absolute Gasteiger partial charge is 0.468 e. The van der Waals surface area contributed by atoms with Crippen molar-refractivity contribution in [1.29, 1.82) is 0 Å². The fourth-order valence-corrected chi connectivity index (χ4v) is 1.13. The monoisotopic (exact) mass is 237 g/mol. The minimum atomic E-state index is -0.416. The average molecular weight is 237 g/mol. The van der Waals surface area contributed by atoms with E-state index in [1.54, 1.807) is 0 Å². The van der Waals surface area contributed by atoms with E-state index in [0.717, 1.165) is 5.56 Å². The van der Waals surface area contributed by atoms with E-state index >= 15 is 0 Å². The van der Waals surface area contributed by atoms with Crippen LogP contribution in [0.3, 0.4) is 0 Å². The molecule has 17 heavy (non-hydrogen) atoms. The molecule has 5 nitrogen and oxygen atoms in total. The molecule has 0 heterocycles. The molecule has 0 aliphatic heterocycles. The third-order valence-corrected chi connectivity index (χ3v) is 2.01.